The van der Waals surface area contributed by atoms with Crippen LogP contribution in [0, 0.1) is 0 Å². The lowest BCUT2D eigenvalue weighted by molar-refractivity contribution is -0.135. The molecular weight excluding hydrogens is 494 g/mol. The number of carbonyl (C=O) groups excluding carboxylic acids is 1. The average molecular weight is 521 g/mol. The van der Waals surface area contributed by atoms with E-state index >= 15 is 0 Å². The molecule has 2 atom stereocenters. The number of alkyl halides is 2. The first-order valence-electron chi connectivity index (χ1n) is 11.3. The fraction of sp³-hybridized carbons (Fsp3) is 0.391. The number of halogens is 2. The highest BCUT2D eigenvalue weighted by molar-refractivity contribution is 7.90. The van der Waals surface area contributed by atoms with Crippen molar-refractivity contribution >= 4 is 21.8 Å². The van der Waals surface area contributed by atoms with Crippen molar-refractivity contribution in [3.63, 3.8) is 0 Å². The summed E-state index contributed by atoms with van der Waals surface area (Å²) >= 11 is 0. The van der Waals surface area contributed by atoms with Gasteiger partial charge in [-0.25, -0.2) is 0 Å². The van der Waals surface area contributed by atoms with Crippen LogP contribution in [-0.2, 0) is 21.5 Å². The number of pyridine rings is 1. The first-order valence-corrected chi connectivity index (χ1v) is 12.6. The fourth-order valence-electron chi connectivity index (χ4n) is 4.39. The van der Waals surface area contributed by atoms with Gasteiger partial charge in [0.1, 0.15) is 0 Å². The van der Waals surface area contributed by atoms with Crippen LogP contribution in [0.3, 0.4) is 0 Å². The molecule has 1 aliphatic heterocycles. The summed E-state index contributed by atoms with van der Waals surface area (Å²) in [5.41, 5.74) is 1.45. The minimum atomic E-state index is -3.99. The van der Waals surface area contributed by atoms with Crippen molar-refractivity contribution in [1.29, 1.82) is 0 Å². The van der Waals surface area contributed by atoms with Crippen LogP contribution in [0.25, 0.3) is 11.5 Å². The number of anilines is 1. The summed E-state index contributed by atoms with van der Waals surface area (Å²) in [5.74, 6) is -0.922. The van der Waals surface area contributed by atoms with Crippen LogP contribution >= 0.6 is 0 Å². The van der Waals surface area contributed by atoms with Gasteiger partial charge in [0, 0.05) is 43.9 Å². The van der Waals surface area contributed by atoms with Crippen LogP contribution in [0.5, 0.6) is 0 Å². The number of benzene rings is 1. The molecule has 0 radical (unpaired) electrons. The number of nitrogens with zero attached hydrogens (tertiary/aromatic N) is 6. The number of carbonyl (C=O) groups is 1. The maximum atomic E-state index is 13.8. The Labute approximate surface area is 207 Å². The highest BCUT2D eigenvalue weighted by Crippen LogP contribution is 2.28. The molecule has 1 aliphatic rings. The highest BCUT2D eigenvalue weighted by atomic mass is 32.2. The lowest BCUT2D eigenvalue weighted by Crippen LogP contribution is -2.61. The first kappa shape index (κ1) is 25.6. The molecule has 13 heteroatoms. The topological polar surface area (TPSA) is 113 Å². The SMILES string of the molecule is CC(=O)N1[C@H](C)CN(S(=O)(=O)N(Cc2ccc(-c3nnc(C(F)F)o3)cc2)c2cccnc2)C[C@@H]1C. The van der Waals surface area contributed by atoms with Gasteiger partial charge in [0.05, 0.1) is 18.4 Å². The third kappa shape index (κ3) is 5.21. The Kier molecular flexibility index (Phi) is 7.31. The van der Waals surface area contributed by atoms with Crippen molar-refractivity contribution in [1.82, 2.24) is 24.4 Å². The van der Waals surface area contributed by atoms with Crippen LogP contribution in [0.1, 0.15) is 38.7 Å². The molecule has 4 rings (SSSR count). The molecule has 1 fully saturated rings. The summed E-state index contributed by atoms with van der Waals surface area (Å²) < 4.78 is 60.8. The molecule has 2 aromatic heterocycles. The zero-order chi connectivity index (χ0) is 26.0. The Hall–Kier alpha value is -3.45. The normalized spacial score (nSPS) is 19.0. The molecule has 10 nitrogen and oxygen atoms in total. The molecule has 1 saturated heterocycles. The molecule has 1 amide bonds. The Bertz CT molecular complexity index is 1290. The summed E-state index contributed by atoms with van der Waals surface area (Å²) in [6.45, 7) is 5.44. The van der Waals surface area contributed by atoms with Crippen molar-refractivity contribution in [2.24, 2.45) is 0 Å². The average Bonchev–Trinajstić information content (AvgIpc) is 3.33. The van der Waals surface area contributed by atoms with E-state index in [1.165, 1.54) is 21.7 Å². The second-order valence-corrected chi connectivity index (χ2v) is 10.5. The Morgan fingerprint density at radius 3 is 2.33 bits per heavy atom. The number of hydrogen-bond donors (Lipinski definition) is 0. The van der Waals surface area contributed by atoms with Crippen molar-refractivity contribution in [3.8, 4) is 11.5 Å². The van der Waals surface area contributed by atoms with E-state index < -0.39 is 22.5 Å². The van der Waals surface area contributed by atoms with Gasteiger partial charge < -0.3 is 9.32 Å². The van der Waals surface area contributed by atoms with E-state index in [2.05, 4.69) is 15.2 Å². The molecular formula is C23H26F2N6O4S. The smallest absolute Gasteiger partial charge is 0.314 e. The molecule has 0 aliphatic carbocycles. The van der Waals surface area contributed by atoms with E-state index in [0.29, 0.717) is 16.8 Å². The Morgan fingerprint density at radius 1 is 1.14 bits per heavy atom. The van der Waals surface area contributed by atoms with E-state index in [4.69, 9.17) is 4.42 Å². The third-order valence-corrected chi connectivity index (χ3v) is 7.79. The summed E-state index contributed by atoms with van der Waals surface area (Å²) in [4.78, 5) is 17.8. The molecule has 0 N–H and O–H groups in total. The summed E-state index contributed by atoms with van der Waals surface area (Å²) in [6, 6.07) is 9.26. The van der Waals surface area contributed by atoms with Crippen LogP contribution in [-0.4, -0.2) is 63.9 Å². The first-order chi connectivity index (χ1) is 17.1. The van der Waals surface area contributed by atoms with Crippen LogP contribution < -0.4 is 4.31 Å². The summed E-state index contributed by atoms with van der Waals surface area (Å²) in [7, 11) is -3.99. The van der Waals surface area contributed by atoms with Gasteiger partial charge in [-0.05, 0) is 43.7 Å². The molecule has 3 aromatic rings. The van der Waals surface area contributed by atoms with E-state index in [1.807, 2.05) is 13.8 Å². The molecule has 192 valence electrons. The second kappa shape index (κ2) is 10.3. The van der Waals surface area contributed by atoms with E-state index in [-0.39, 0.29) is 43.5 Å². The zero-order valence-electron chi connectivity index (χ0n) is 20.0. The number of aromatic nitrogens is 3. The van der Waals surface area contributed by atoms with E-state index in [0.717, 1.165) is 0 Å². The maximum absolute atomic E-state index is 13.8. The van der Waals surface area contributed by atoms with Gasteiger partial charge in [-0.1, -0.05) is 12.1 Å². The van der Waals surface area contributed by atoms with Gasteiger partial charge in [0.25, 0.3) is 5.89 Å². The minimum absolute atomic E-state index is 0.00386. The number of rotatable bonds is 7. The predicted octanol–water partition coefficient (Wildman–Crippen LogP) is 3.26. The Morgan fingerprint density at radius 2 is 1.81 bits per heavy atom. The molecule has 0 bridgehead atoms. The highest BCUT2D eigenvalue weighted by Gasteiger charge is 2.39. The molecule has 0 unspecified atom stereocenters. The zero-order valence-corrected chi connectivity index (χ0v) is 20.8. The molecule has 1 aromatic carbocycles. The van der Waals surface area contributed by atoms with E-state index in [1.54, 1.807) is 47.5 Å². The second-order valence-electron chi connectivity index (χ2n) is 8.61. The van der Waals surface area contributed by atoms with Crippen LogP contribution in [0.4, 0.5) is 14.5 Å². The predicted molar refractivity (Wildman–Crippen MR) is 127 cm³/mol. The molecule has 3 heterocycles. The molecule has 0 saturated carbocycles. The summed E-state index contributed by atoms with van der Waals surface area (Å²) in [5, 5.41) is 6.96. The fourth-order valence-corrected chi connectivity index (χ4v) is 6.16. The van der Waals surface area contributed by atoms with Gasteiger partial charge in [-0.3, -0.25) is 14.1 Å². The Balaban J connectivity index is 1.61. The minimum Gasteiger partial charge on any atom is -0.415 e. The largest absolute Gasteiger partial charge is 0.415 e. The van der Waals surface area contributed by atoms with Crippen LogP contribution in [0.15, 0.2) is 53.2 Å². The molecule has 0 spiro atoms. The number of amides is 1. The maximum Gasteiger partial charge on any atom is 0.314 e. The van der Waals surface area contributed by atoms with E-state index in [9.17, 15) is 22.0 Å². The standard InChI is InChI=1S/C23H26F2N6O4S/c1-15-12-29(13-16(2)31(15)17(3)32)36(33,34)30(20-5-4-10-26-11-20)14-18-6-8-19(9-7-18)22-27-28-23(35-22)21(24)25/h4-11,15-16,21H,12-14H2,1-3H3/t15-,16+. The van der Waals surface area contributed by atoms with Gasteiger partial charge in [0.15, 0.2) is 0 Å². The van der Waals surface area contributed by atoms with Crippen molar-refractivity contribution in [2.45, 2.75) is 45.8 Å². The number of hydrogen-bond acceptors (Lipinski definition) is 7. The third-order valence-electron chi connectivity index (χ3n) is 5.94. The monoisotopic (exact) mass is 520 g/mol. The van der Waals surface area contributed by atoms with Gasteiger partial charge >= 0.3 is 16.6 Å². The van der Waals surface area contributed by atoms with Crippen molar-refractivity contribution in [2.75, 3.05) is 17.4 Å². The van der Waals surface area contributed by atoms with Crippen molar-refractivity contribution < 1.29 is 26.4 Å². The number of piperazine rings is 1. The lowest BCUT2D eigenvalue weighted by atomic mass is 10.1. The van der Waals surface area contributed by atoms with Crippen molar-refractivity contribution in [3.05, 3.63) is 60.2 Å². The van der Waals surface area contributed by atoms with Gasteiger partial charge in [0.2, 0.25) is 11.8 Å². The summed E-state index contributed by atoms with van der Waals surface area (Å²) in [6.07, 6.45) is 0.151. The van der Waals surface area contributed by atoms with Gasteiger partial charge in [-0.2, -0.15) is 21.5 Å². The molecule has 36 heavy (non-hydrogen) atoms. The lowest BCUT2D eigenvalue weighted by Gasteiger charge is -2.44. The van der Waals surface area contributed by atoms with Crippen LogP contribution in [0.2, 0.25) is 0 Å². The van der Waals surface area contributed by atoms with Gasteiger partial charge in [-0.15, -0.1) is 10.2 Å². The quantitative estimate of drug-likeness (QED) is 0.470.